The summed E-state index contributed by atoms with van der Waals surface area (Å²) in [5.74, 6) is -2.08. The summed E-state index contributed by atoms with van der Waals surface area (Å²) in [6, 6.07) is 1.29. The first-order valence-corrected chi connectivity index (χ1v) is 7.85. The number of aliphatic imine (C=N–C) groups is 1. The molecule has 6 nitrogen and oxygen atoms in total. The molecular weight excluding hydrogens is 323 g/mol. The Bertz CT molecular complexity index is 736. The third-order valence-corrected chi connectivity index (χ3v) is 3.93. The minimum absolute atomic E-state index is 0.0439. The van der Waals surface area contributed by atoms with Crippen molar-refractivity contribution < 1.29 is 26.4 Å². The van der Waals surface area contributed by atoms with Gasteiger partial charge in [0.25, 0.3) is 5.91 Å². The van der Waals surface area contributed by atoms with Crippen molar-refractivity contribution in [3.05, 3.63) is 28.8 Å². The number of guanidine groups is 1. The number of nitrogens with two attached hydrogens (primary N) is 2. The van der Waals surface area contributed by atoms with E-state index >= 15 is 0 Å². The van der Waals surface area contributed by atoms with Gasteiger partial charge in [-0.15, -0.1) is 0 Å². The van der Waals surface area contributed by atoms with Crippen LogP contribution in [0.5, 0.6) is 0 Å². The molecule has 4 N–H and O–H groups in total. The van der Waals surface area contributed by atoms with Crippen LogP contribution >= 0.6 is 0 Å². The van der Waals surface area contributed by atoms with Gasteiger partial charge < -0.3 is 11.5 Å². The lowest BCUT2D eigenvalue weighted by Crippen LogP contribution is -2.25. The molecule has 0 saturated carbocycles. The van der Waals surface area contributed by atoms with Gasteiger partial charge >= 0.3 is 6.18 Å². The molecule has 0 atom stereocenters. The highest BCUT2D eigenvalue weighted by Gasteiger charge is 2.37. The predicted molar refractivity (Wildman–Crippen MR) is 74.1 cm³/mol. The van der Waals surface area contributed by atoms with Crippen LogP contribution in [0.25, 0.3) is 0 Å². The monoisotopic (exact) mass is 337 g/mol. The molecule has 1 aromatic carbocycles. The number of benzene rings is 1. The summed E-state index contributed by atoms with van der Waals surface area (Å²) < 4.78 is 62.6. The molecular formula is C12H14F3N3O3S. The summed E-state index contributed by atoms with van der Waals surface area (Å²) in [6.07, 6.45) is -3.98. The van der Waals surface area contributed by atoms with Gasteiger partial charge in [0, 0.05) is 6.26 Å². The second kappa shape index (κ2) is 5.95. The van der Waals surface area contributed by atoms with Crippen LogP contribution in [-0.2, 0) is 22.4 Å². The molecule has 0 aromatic heterocycles. The summed E-state index contributed by atoms with van der Waals surface area (Å²) in [7, 11) is -3.82. The van der Waals surface area contributed by atoms with Crippen LogP contribution in [0.15, 0.2) is 22.0 Å². The maximum Gasteiger partial charge on any atom is 0.417 e. The lowest BCUT2D eigenvalue weighted by atomic mass is 10.0. The van der Waals surface area contributed by atoms with Crippen molar-refractivity contribution in [2.75, 3.05) is 6.26 Å². The zero-order chi connectivity index (χ0) is 17.3. The molecule has 0 bridgehead atoms. The second-order valence-electron chi connectivity index (χ2n) is 4.47. The Morgan fingerprint density at radius 1 is 1.27 bits per heavy atom. The molecule has 22 heavy (non-hydrogen) atoms. The fourth-order valence-corrected chi connectivity index (χ4v) is 2.85. The molecule has 0 aliphatic rings. The van der Waals surface area contributed by atoms with Crippen LogP contribution in [0.4, 0.5) is 13.2 Å². The number of sulfone groups is 1. The second-order valence-corrected chi connectivity index (χ2v) is 6.45. The van der Waals surface area contributed by atoms with Crippen molar-refractivity contribution in [2.24, 2.45) is 16.5 Å². The highest BCUT2D eigenvalue weighted by molar-refractivity contribution is 7.90. The van der Waals surface area contributed by atoms with E-state index in [0.29, 0.717) is 12.1 Å². The fourth-order valence-electron chi connectivity index (χ4n) is 1.84. The van der Waals surface area contributed by atoms with E-state index in [1.807, 2.05) is 0 Å². The number of alkyl halides is 3. The molecule has 0 spiro atoms. The SMILES string of the molecule is CCc1cc(C(F)(F)F)c(C(=O)N=C(N)N)cc1S(C)(=O)=O. The average Bonchev–Trinajstić information content (AvgIpc) is 2.34. The number of carbonyl (C=O) groups is 1. The molecule has 0 radical (unpaired) electrons. The smallest absolute Gasteiger partial charge is 0.370 e. The summed E-state index contributed by atoms with van der Waals surface area (Å²) in [6.45, 7) is 1.50. The van der Waals surface area contributed by atoms with Crippen LogP contribution in [0.3, 0.4) is 0 Å². The Hall–Kier alpha value is -2.10. The highest BCUT2D eigenvalue weighted by Crippen LogP contribution is 2.35. The van der Waals surface area contributed by atoms with E-state index in [1.54, 1.807) is 0 Å². The molecule has 1 rings (SSSR count). The van der Waals surface area contributed by atoms with Crippen LogP contribution in [0.1, 0.15) is 28.4 Å². The summed E-state index contributed by atoms with van der Waals surface area (Å²) >= 11 is 0. The van der Waals surface area contributed by atoms with Crippen LogP contribution < -0.4 is 11.5 Å². The lowest BCUT2D eigenvalue weighted by Gasteiger charge is -2.15. The number of rotatable bonds is 3. The van der Waals surface area contributed by atoms with E-state index in [0.717, 1.165) is 6.26 Å². The van der Waals surface area contributed by atoms with Crippen molar-refractivity contribution in [3.63, 3.8) is 0 Å². The normalized spacial score (nSPS) is 12.0. The molecule has 0 heterocycles. The molecule has 0 saturated heterocycles. The Labute approximate surface area is 124 Å². The molecule has 10 heteroatoms. The first-order chi connectivity index (χ1) is 9.87. The maximum absolute atomic E-state index is 13.1. The Morgan fingerprint density at radius 3 is 2.18 bits per heavy atom. The zero-order valence-electron chi connectivity index (χ0n) is 11.7. The van der Waals surface area contributed by atoms with E-state index in [1.165, 1.54) is 6.92 Å². The van der Waals surface area contributed by atoms with E-state index in [4.69, 9.17) is 11.5 Å². The van der Waals surface area contributed by atoms with Crippen molar-refractivity contribution in [1.29, 1.82) is 0 Å². The molecule has 0 aliphatic heterocycles. The largest absolute Gasteiger partial charge is 0.417 e. The third-order valence-electron chi connectivity index (χ3n) is 2.75. The maximum atomic E-state index is 13.1. The summed E-state index contributed by atoms with van der Waals surface area (Å²) in [5.41, 5.74) is 7.71. The van der Waals surface area contributed by atoms with Gasteiger partial charge in [0.05, 0.1) is 16.0 Å². The van der Waals surface area contributed by atoms with Crippen molar-refractivity contribution in [2.45, 2.75) is 24.4 Å². The topological polar surface area (TPSA) is 116 Å². The quantitative estimate of drug-likeness (QED) is 0.632. The van der Waals surface area contributed by atoms with Gasteiger partial charge in [-0.05, 0) is 24.1 Å². The first kappa shape index (κ1) is 18.0. The molecule has 0 unspecified atom stereocenters. The number of hydrogen-bond donors (Lipinski definition) is 2. The van der Waals surface area contributed by atoms with Crippen molar-refractivity contribution in [1.82, 2.24) is 0 Å². The van der Waals surface area contributed by atoms with E-state index in [9.17, 15) is 26.4 Å². The minimum atomic E-state index is -4.86. The average molecular weight is 337 g/mol. The van der Waals surface area contributed by atoms with E-state index in [2.05, 4.69) is 4.99 Å². The highest BCUT2D eigenvalue weighted by atomic mass is 32.2. The lowest BCUT2D eigenvalue weighted by molar-refractivity contribution is -0.138. The van der Waals surface area contributed by atoms with Gasteiger partial charge in [-0.25, -0.2) is 8.42 Å². The van der Waals surface area contributed by atoms with Crippen molar-refractivity contribution >= 4 is 21.7 Å². The van der Waals surface area contributed by atoms with Crippen LogP contribution in [-0.4, -0.2) is 26.5 Å². The third kappa shape index (κ3) is 3.97. The Morgan fingerprint density at radius 2 is 1.82 bits per heavy atom. The number of carbonyl (C=O) groups excluding carboxylic acids is 1. The number of nitrogens with zero attached hydrogens (tertiary/aromatic N) is 1. The van der Waals surface area contributed by atoms with Gasteiger partial charge in [-0.1, -0.05) is 6.92 Å². The molecule has 0 fully saturated rings. The predicted octanol–water partition coefficient (Wildman–Crippen LogP) is 1.08. The standard InChI is InChI=1S/C12H14F3N3O3S/c1-3-6-4-8(12(13,14)15)7(10(19)18-11(16)17)5-9(6)22(2,20)21/h4-5H,3H2,1-2H3,(H4,16,17,18,19). The minimum Gasteiger partial charge on any atom is -0.370 e. The number of amides is 1. The van der Waals surface area contributed by atoms with Crippen LogP contribution in [0, 0.1) is 0 Å². The summed E-state index contributed by atoms with van der Waals surface area (Å²) in [4.78, 5) is 14.4. The summed E-state index contributed by atoms with van der Waals surface area (Å²) in [5, 5.41) is 0. The number of hydrogen-bond acceptors (Lipinski definition) is 3. The molecule has 1 amide bonds. The Kier molecular flexibility index (Phi) is 4.86. The fraction of sp³-hybridized carbons (Fsp3) is 0.333. The van der Waals surface area contributed by atoms with Gasteiger partial charge in [-0.2, -0.15) is 18.2 Å². The Balaban J connectivity index is 3.79. The van der Waals surface area contributed by atoms with Gasteiger partial charge in [-0.3, -0.25) is 4.79 Å². The number of aryl methyl sites for hydroxylation is 1. The van der Waals surface area contributed by atoms with Gasteiger partial charge in [0.2, 0.25) is 0 Å². The van der Waals surface area contributed by atoms with Crippen LogP contribution in [0.2, 0.25) is 0 Å². The molecule has 1 aromatic rings. The van der Waals surface area contributed by atoms with Crippen molar-refractivity contribution in [3.8, 4) is 0 Å². The van der Waals surface area contributed by atoms with E-state index in [-0.39, 0.29) is 16.9 Å². The van der Waals surface area contributed by atoms with E-state index < -0.39 is 39.0 Å². The van der Waals surface area contributed by atoms with Gasteiger partial charge in [0.1, 0.15) is 0 Å². The van der Waals surface area contributed by atoms with Gasteiger partial charge in [0.15, 0.2) is 15.8 Å². The molecule has 0 aliphatic carbocycles. The molecule has 122 valence electrons. The zero-order valence-corrected chi connectivity index (χ0v) is 12.5. The first-order valence-electron chi connectivity index (χ1n) is 5.96. The number of halogens is 3.